The fourth-order valence-corrected chi connectivity index (χ4v) is 3.67. The Kier molecular flexibility index (Phi) is 6.41. The lowest BCUT2D eigenvalue weighted by Crippen LogP contribution is -2.31. The molecule has 1 N–H and O–H groups in total. The third-order valence-electron chi connectivity index (χ3n) is 5.23. The number of ether oxygens (including phenoxy) is 1. The van der Waals surface area contributed by atoms with E-state index in [-0.39, 0.29) is 11.5 Å². The zero-order valence-corrected chi connectivity index (χ0v) is 17.7. The van der Waals surface area contributed by atoms with Crippen LogP contribution in [-0.2, 0) is 17.8 Å². The van der Waals surface area contributed by atoms with E-state index in [1.165, 1.54) is 7.11 Å². The van der Waals surface area contributed by atoms with Gasteiger partial charge in [0.15, 0.2) is 0 Å². The summed E-state index contributed by atoms with van der Waals surface area (Å²) in [6.45, 7) is 0.676. The second kappa shape index (κ2) is 9.75. The molecule has 0 aliphatic rings. The molecule has 160 valence electrons. The Balaban J connectivity index is 1.72. The number of esters is 1. The highest BCUT2D eigenvalue weighted by Gasteiger charge is 2.23. The minimum absolute atomic E-state index is 0.242. The van der Waals surface area contributed by atoms with E-state index in [2.05, 4.69) is 9.97 Å². The average Bonchev–Trinajstić information content (AvgIpc) is 3.37. The molecule has 4 rings (SSSR count). The van der Waals surface area contributed by atoms with Gasteiger partial charge in [-0.15, -0.1) is 0 Å². The van der Waals surface area contributed by atoms with Gasteiger partial charge < -0.3 is 14.6 Å². The predicted octanol–water partition coefficient (Wildman–Crippen LogP) is 4.71. The summed E-state index contributed by atoms with van der Waals surface area (Å²) >= 11 is 0. The minimum atomic E-state index is -0.542. The van der Waals surface area contributed by atoms with Gasteiger partial charge in [-0.25, -0.2) is 9.78 Å². The second-order valence-electron chi connectivity index (χ2n) is 7.30. The van der Waals surface area contributed by atoms with E-state index < -0.39 is 5.97 Å². The highest BCUT2D eigenvalue weighted by Crippen LogP contribution is 2.26. The van der Waals surface area contributed by atoms with Gasteiger partial charge in [0.1, 0.15) is 0 Å². The molecule has 0 aliphatic carbocycles. The summed E-state index contributed by atoms with van der Waals surface area (Å²) in [7, 11) is 1.31. The van der Waals surface area contributed by atoms with Gasteiger partial charge in [-0.05, 0) is 28.8 Å². The molecular formula is C26H23N3O3. The molecule has 0 bridgehead atoms. The minimum Gasteiger partial charge on any atom is -0.465 e. The van der Waals surface area contributed by atoms with E-state index in [0.717, 1.165) is 22.4 Å². The molecule has 4 aromatic rings. The predicted molar refractivity (Wildman–Crippen MR) is 122 cm³/mol. The van der Waals surface area contributed by atoms with Gasteiger partial charge in [0.05, 0.1) is 36.8 Å². The van der Waals surface area contributed by atoms with Crippen LogP contribution in [0.25, 0.3) is 11.1 Å². The van der Waals surface area contributed by atoms with Crippen molar-refractivity contribution in [3.8, 4) is 11.1 Å². The summed E-state index contributed by atoms with van der Waals surface area (Å²) in [4.78, 5) is 34.7. The summed E-state index contributed by atoms with van der Waals surface area (Å²) < 4.78 is 4.88. The molecular weight excluding hydrogens is 402 g/mol. The first kappa shape index (κ1) is 21.1. The SMILES string of the molecule is COC(=O)c1ccccc1C(=O)N(Cc1cnc[nH]1)Cc1ccccc1-c1ccccc1. The normalized spacial score (nSPS) is 10.5. The van der Waals surface area contributed by atoms with E-state index in [9.17, 15) is 9.59 Å². The lowest BCUT2D eigenvalue weighted by molar-refractivity contribution is 0.0588. The maximum Gasteiger partial charge on any atom is 0.338 e. The van der Waals surface area contributed by atoms with Crippen molar-refractivity contribution >= 4 is 11.9 Å². The highest BCUT2D eigenvalue weighted by atomic mass is 16.5. The number of carbonyl (C=O) groups excluding carboxylic acids is 2. The van der Waals surface area contributed by atoms with E-state index in [0.29, 0.717) is 18.7 Å². The first-order chi connectivity index (χ1) is 15.7. The van der Waals surface area contributed by atoms with Crippen molar-refractivity contribution in [2.45, 2.75) is 13.1 Å². The Labute approximate surface area is 186 Å². The van der Waals surface area contributed by atoms with Crippen LogP contribution in [-0.4, -0.2) is 33.9 Å². The largest absolute Gasteiger partial charge is 0.465 e. The Bertz CT molecular complexity index is 1200. The number of imidazole rings is 1. The number of hydrogen-bond donors (Lipinski definition) is 1. The number of nitrogens with one attached hydrogen (secondary N) is 1. The molecule has 0 unspecified atom stereocenters. The van der Waals surface area contributed by atoms with E-state index >= 15 is 0 Å². The Morgan fingerprint density at radius 1 is 0.875 bits per heavy atom. The van der Waals surface area contributed by atoms with E-state index in [1.807, 2.05) is 54.6 Å². The monoisotopic (exact) mass is 425 g/mol. The smallest absolute Gasteiger partial charge is 0.338 e. The topological polar surface area (TPSA) is 75.3 Å². The van der Waals surface area contributed by atoms with Gasteiger partial charge in [0.2, 0.25) is 0 Å². The van der Waals surface area contributed by atoms with Gasteiger partial charge in [-0.2, -0.15) is 0 Å². The van der Waals surface area contributed by atoms with Crippen LogP contribution < -0.4 is 0 Å². The van der Waals surface area contributed by atoms with Crippen molar-refractivity contribution in [1.29, 1.82) is 0 Å². The molecule has 0 radical (unpaired) electrons. The quantitative estimate of drug-likeness (QED) is 0.435. The Morgan fingerprint density at radius 3 is 2.28 bits per heavy atom. The summed E-state index contributed by atoms with van der Waals surface area (Å²) in [5, 5.41) is 0. The molecule has 1 aromatic heterocycles. The third-order valence-corrected chi connectivity index (χ3v) is 5.23. The van der Waals surface area contributed by atoms with Crippen molar-refractivity contribution in [2.24, 2.45) is 0 Å². The Morgan fingerprint density at radius 2 is 1.56 bits per heavy atom. The second-order valence-corrected chi connectivity index (χ2v) is 7.30. The van der Waals surface area contributed by atoms with Crippen LogP contribution in [0.5, 0.6) is 0 Å². The summed E-state index contributed by atoms with van der Waals surface area (Å²) in [5.41, 5.74) is 4.47. The molecule has 32 heavy (non-hydrogen) atoms. The maximum absolute atomic E-state index is 13.6. The molecule has 0 saturated carbocycles. The molecule has 6 nitrogen and oxygen atoms in total. The number of aromatic nitrogens is 2. The third kappa shape index (κ3) is 4.59. The number of nitrogens with zero attached hydrogens (tertiary/aromatic N) is 2. The van der Waals surface area contributed by atoms with Crippen LogP contribution in [0.4, 0.5) is 0 Å². The first-order valence-electron chi connectivity index (χ1n) is 10.2. The Hall–Kier alpha value is -4.19. The number of aromatic amines is 1. The number of methoxy groups -OCH3 is 1. The number of hydrogen-bond acceptors (Lipinski definition) is 4. The van der Waals surface area contributed by atoms with Crippen LogP contribution in [0, 0.1) is 0 Å². The van der Waals surface area contributed by atoms with Gasteiger partial charge in [0.25, 0.3) is 5.91 Å². The molecule has 0 saturated heterocycles. The van der Waals surface area contributed by atoms with Gasteiger partial charge in [-0.3, -0.25) is 4.79 Å². The fraction of sp³-hybridized carbons (Fsp3) is 0.115. The number of benzene rings is 3. The zero-order chi connectivity index (χ0) is 22.3. The lowest BCUT2D eigenvalue weighted by atomic mass is 9.99. The van der Waals surface area contributed by atoms with Crippen molar-refractivity contribution in [3.05, 3.63) is 114 Å². The molecule has 0 aliphatic heterocycles. The highest BCUT2D eigenvalue weighted by molar-refractivity contribution is 6.05. The van der Waals surface area contributed by atoms with Gasteiger partial charge in [-0.1, -0.05) is 66.7 Å². The maximum atomic E-state index is 13.6. The number of amides is 1. The molecule has 0 fully saturated rings. The van der Waals surface area contributed by atoms with E-state index in [4.69, 9.17) is 4.74 Å². The van der Waals surface area contributed by atoms with Crippen molar-refractivity contribution in [1.82, 2.24) is 14.9 Å². The van der Waals surface area contributed by atoms with E-state index in [1.54, 1.807) is 41.7 Å². The average molecular weight is 425 g/mol. The number of H-pyrrole nitrogens is 1. The van der Waals surface area contributed by atoms with Crippen LogP contribution in [0.2, 0.25) is 0 Å². The number of rotatable bonds is 7. The lowest BCUT2D eigenvalue weighted by Gasteiger charge is -2.24. The van der Waals surface area contributed by atoms with Crippen molar-refractivity contribution in [2.75, 3.05) is 7.11 Å². The van der Waals surface area contributed by atoms with Crippen molar-refractivity contribution < 1.29 is 14.3 Å². The van der Waals surface area contributed by atoms with Gasteiger partial charge in [0, 0.05) is 12.7 Å². The zero-order valence-electron chi connectivity index (χ0n) is 17.7. The molecule has 6 heteroatoms. The van der Waals surface area contributed by atoms with Crippen molar-refractivity contribution in [3.63, 3.8) is 0 Å². The molecule has 3 aromatic carbocycles. The molecule has 1 amide bonds. The first-order valence-corrected chi connectivity index (χ1v) is 10.2. The standard InChI is InChI=1S/C26H23N3O3/c1-32-26(31)24-14-8-7-13-23(24)25(30)29(17-21-15-27-18-28-21)16-20-11-5-6-12-22(20)19-9-3-2-4-10-19/h2-15,18H,16-17H2,1H3,(H,27,28). The van der Waals surface area contributed by atoms with Crippen LogP contribution >= 0.6 is 0 Å². The fourth-order valence-electron chi connectivity index (χ4n) is 3.67. The van der Waals surface area contributed by atoms with Gasteiger partial charge >= 0.3 is 5.97 Å². The van der Waals surface area contributed by atoms with Crippen LogP contribution in [0.1, 0.15) is 32.0 Å². The summed E-state index contributed by atoms with van der Waals surface area (Å²) in [6.07, 6.45) is 3.27. The van der Waals surface area contributed by atoms with Crippen LogP contribution in [0.3, 0.4) is 0 Å². The van der Waals surface area contributed by atoms with Crippen LogP contribution in [0.15, 0.2) is 91.4 Å². The summed E-state index contributed by atoms with van der Waals surface area (Å²) in [6, 6.07) is 24.8. The molecule has 0 atom stereocenters. The molecule has 1 heterocycles. The number of carbonyl (C=O) groups is 2. The summed E-state index contributed by atoms with van der Waals surface area (Å²) in [5.74, 6) is -0.802. The molecule has 0 spiro atoms.